The van der Waals surface area contributed by atoms with Gasteiger partial charge >= 0.3 is 5.97 Å². The largest absolute Gasteiger partial charge is 0.495 e. The maximum Gasteiger partial charge on any atom is 0.317 e. The molecule has 1 heterocycles. The van der Waals surface area contributed by atoms with E-state index in [0.29, 0.717) is 11.4 Å². The average molecular weight is 377 g/mol. The number of benzene rings is 1. The number of anilines is 1. The predicted molar refractivity (Wildman–Crippen MR) is 105 cm³/mol. The van der Waals surface area contributed by atoms with Crippen molar-refractivity contribution in [1.29, 1.82) is 0 Å². The van der Waals surface area contributed by atoms with Crippen molar-refractivity contribution in [3.05, 3.63) is 23.8 Å². The number of rotatable bonds is 8. The number of nitrogens with zero attached hydrogens (tertiary/aromatic N) is 2. The molecule has 0 bridgehead atoms. The Balaban J connectivity index is 1.93. The van der Waals surface area contributed by atoms with E-state index < -0.39 is 5.97 Å². The van der Waals surface area contributed by atoms with Gasteiger partial charge in [0.05, 0.1) is 25.4 Å². The van der Waals surface area contributed by atoms with Gasteiger partial charge in [-0.3, -0.25) is 19.4 Å². The zero-order chi connectivity index (χ0) is 20.0. The number of hydrogen-bond acceptors (Lipinski definition) is 5. The number of likely N-dealkylation sites (N-methyl/N-ethyl adjacent to an activating group) is 1. The van der Waals surface area contributed by atoms with Crippen molar-refractivity contribution in [2.45, 2.75) is 45.7 Å². The fourth-order valence-electron chi connectivity index (χ4n) is 3.63. The van der Waals surface area contributed by atoms with Gasteiger partial charge in [0.25, 0.3) is 0 Å². The minimum atomic E-state index is -0.792. The highest BCUT2D eigenvalue weighted by Crippen LogP contribution is 2.26. The fraction of sp³-hybridized carbons (Fsp3) is 0.600. The number of ether oxygens (including phenoxy) is 1. The molecule has 2 N–H and O–H groups in total. The van der Waals surface area contributed by atoms with E-state index in [1.807, 2.05) is 43.9 Å². The van der Waals surface area contributed by atoms with E-state index in [1.165, 1.54) is 0 Å². The number of carboxylic acids is 1. The molecule has 0 spiro atoms. The Morgan fingerprint density at radius 2 is 2.04 bits per heavy atom. The minimum Gasteiger partial charge on any atom is -0.495 e. The van der Waals surface area contributed by atoms with E-state index in [4.69, 9.17) is 9.84 Å². The van der Waals surface area contributed by atoms with Gasteiger partial charge in [0.15, 0.2) is 0 Å². The highest BCUT2D eigenvalue weighted by Gasteiger charge is 2.29. The van der Waals surface area contributed by atoms with Gasteiger partial charge in [-0.25, -0.2) is 0 Å². The van der Waals surface area contributed by atoms with Gasteiger partial charge in [0.1, 0.15) is 5.75 Å². The first-order valence-corrected chi connectivity index (χ1v) is 9.51. The molecule has 0 aromatic heterocycles. The number of aliphatic carboxylic acids is 1. The van der Waals surface area contributed by atoms with Gasteiger partial charge in [-0.15, -0.1) is 0 Å². The maximum atomic E-state index is 12.7. The van der Waals surface area contributed by atoms with Crippen LogP contribution in [0.4, 0.5) is 5.69 Å². The topological polar surface area (TPSA) is 82.1 Å². The van der Waals surface area contributed by atoms with Gasteiger partial charge in [0, 0.05) is 19.1 Å². The molecule has 0 saturated carbocycles. The molecule has 1 aliphatic heterocycles. The number of nitrogens with one attached hydrogen (secondary N) is 1. The van der Waals surface area contributed by atoms with E-state index in [2.05, 4.69) is 10.2 Å². The number of amides is 1. The van der Waals surface area contributed by atoms with Crippen molar-refractivity contribution < 1.29 is 19.4 Å². The first kappa shape index (κ1) is 21.2. The molecule has 1 fully saturated rings. The quantitative estimate of drug-likeness (QED) is 0.723. The lowest BCUT2D eigenvalue weighted by atomic mass is 10.0. The molecule has 1 aromatic carbocycles. The van der Waals surface area contributed by atoms with Crippen molar-refractivity contribution in [3.63, 3.8) is 0 Å². The maximum absolute atomic E-state index is 12.7. The van der Waals surface area contributed by atoms with Crippen molar-refractivity contribution in [1.82, 2.24) is 9.80 Å². The molecule has 1 unspecified atom stereocenters. The SMILES string of the molecule is CCN(CC(=O)O)C1CCN(C(C)C(=O)Nc2cc(C)ccc2OC)CC1. The first-order chi connectivity index (χ1) is 12.8. The van der Waals surface area contributed by atoms with Gasteiger partial charge in [-0.2, -0.15) is 0 Å². The second-order valence-electron chi connectivity index (χ2n) is 7.09. The zero-order valence-corrected chi connectivity index (χ0v) is 16.7. The molecule has 0 aliphatic carbocycles. The number of carbonyl (C=O) groups excluding carboxylic acids is 1. The summed E-state index contributed by atoms with van der Waals surface area (Å²) in [7, 11) is 1.59. The Morgan fingerprint density at radius 1 is 1.37 bits per heavy atom. The molecular weight excluding hydrogens is 346 g/mol. The van der Waals surface area contributed by atoms with E-state index >= 15 is 0 Å². The predicted octanol–water partition coefficient (Wildman–Crippen LogP) is 2.20. The number of likely N-dealkylation sites (tertiary alicyclic amines) is 1. The average Bonchev–Trinajstić information content (AvgIpc) is 2.65. The van der Waals surface area contributed by atoms with E-state index in [0.717, 1.165) is 38.0 Å². The molecular formula is C20H31N3O4. The minimum absolute atomic E-state index is 0.0600. The summed E-state index contributed by atoms with van der Waals surface area (Å²) >= 11 is 0. The lowest BCUT2D eigenvalue weighted by molar-refractivity contribution is -0.139. The summed E-state index contributed by atoms with van der Waals surface area (Å²) in [5, 5.41) is 12.0. The highest BCUT2D eigenvalue weighted by atomic mass is 16.5. The molecule has 1 aromatic rings. The summed E-state index contributed by atoms with van der Waals surface area (Å²) in [5.41, 5.74) is 1.74. The summed E-state index contributed by atoms with van der Waals surface area (Å²) < 4.78 is 5.33. The Bertz CT molecular complexity index is 657. The molecule has 7 heteroatoms. The second-order valence-corrected chi connectivity index (χ2v) is 7.09. The lowest BCUT2D eigenvalue weighted by Crippen LogP contribution is -2.51. The third kappa shape index (κ3) is 5.68. The Kier molecular flexibility index (Phi) is 7.62. The van der Waals surface area contributed by atoms with Crippen LogP contribution in [-0.4, -0.2) is 72.2 Å². The van der Waals surface area contributed by atoms with Gasteiger partial charge < -0.3 is 15.2 Å². The van der Waals surface area contributed by atoms with Crippen molar-refractivity contribution >= 4 is 17.6 Å². The van der Waals surface area contributed by atoms with Crippen molar-refractivity contribution in [2.24, 2.45) is 0 Å². The summed E-state index contributed by atoms with van der Waals surface area (Å²) in [6, 6.07) is 5.70. The molecule has 1 aliphatic rings. The van der Waals surface area contributed by atoms with Gasteiger partial charge in [0.2, 0.25) is 5.91 Å². The Hall–Kier alpha value is -2.12. The number of carboxylic acid groups (broad SMARTS) is 1. The molecule has 1 atom stereocenters. The Labute approximate surface area is 161 Å². The van der Waals surface area contributed by atoms with Crippen LogP contribution < -0.4 is 10.1 Å². The molecule has 1 amide bonds. The molecule has 7 nitrogen and oxygen atoms in total. The standard InChI is InChI=1S/C20H31N3O4/c1-5-22(13-19(24)25)16-8-10-23(11-9-16)15(3)20(26)21-17-12-14(2)6-7-18(17)27-4/h6-7,12,15-16H,5,8-11,13H2,1-4H3,(H,21,26)(H,24,25). The summed E-state index contributed by atoms with van der Waals surface area (Å²) in [6.45, 7) is 8.22. The summed E-state index contributed by atoms with van der Waals surface area (Å²) in [6.07, 6.45) is 1.74. The summed E-state index contributed by atoms with van der Waals surface area (Å²) in [5.74, 6) is -0.207. The smallest absolute Gasteiger partial charge is 0.317 e. The first-order valence-electron chi connectivity index (χ1n) is 9.51. The van der Waals surface area contributed by atoms with Crippen LogP contribution >= 0.6 is 0 Å². The van der Waals surface area contributed by atoms with Crippen molar-refractivity contribution in [3.8, 4) is 5.75 Å². The molecule has 0 radical (unpaired) electrons. The van der Waals surface area contributed by atoms with Crippen LogP contribution in [0.2, 0.25) is 0 Å². The van der Waals surface area contributed by atoms with Crippen molar-refractivity contribution in [2.75, 3.05) is 38.6 Å². The van der Waals surface area contributed by atoms with E-state index in [9.17, 15) is 9.59 Å². The van der Waals surface area contributed by atoms with Gasteiger partial charge in [-0.1, -0.05) is 13.0 Å². The number of methoxy groups -OCH3 is 1. The summed E-state index contributed by atoms with van der Waals surface area (Å²) in [4.78, 5) is 27.9. The second kappa shape index (κ2) is 9.71. The number of carbonyl (C=O) groups is 2. The van der Waals surface area contributed by atoms with Crippen LogP contribution in [-0.2, 0) is 9.59 Å². The number of piperidine rings is 1. The zero-order valence-electron chi connectivity index (χ0n) is 16.7. The third-order valence-electron chi connectivity index (χ3n) is 5.30. The normalized spacial score (nSPS) is 16.9. The molecule has 1 saturated heterocycles. The van der Waals surface area contributed by atoms with Crippen LogP contribution in [0, 0.1) is 6.92 Å². The number of aryl methyl sites for hydroxylation is 1. The number of hydrogen-bond donors (Lipinski definition) is 2. The fourth-order valence-corrected chi connectivity index (χ4v) is 3.63. The third-order valence-corrected chi connectivity index (χ3v) is 5.30. The van der Waals surface area contributed by atoms with Gasteiger partial charge in [-0.05, 0) is 50.9 Å². The molecule has 150 valence electrons. The van der Waals surface area contributed by atoms with Crippen LogP contribution in [0.3, 0.4) is 0 Å². The lowest BCUT2D eigenvalue weighted by Gasteiger charge is -2.39. The monoisotopic (exact) mass is 377 g/mol. The van der Waals surface area contributed by atoms with E-state index in [-0.39, 0.29) is 24.5 Å². The Morgan fingerprint density at radius 3 is 2.59 bits per heavy atom. The van der Waals surface area contributed by atoms with E-state index in [1.54, 1.807) is 7.11 Å². The highest BCUT2D eigenvalue weighted by molar-refractivity contribution is 5.96. The molecule has 27 heavy (non-hydrogen) atoms. The van der Waals surface area contributed by atoms with Crippen LogP contribution in [0.15, 0.2) is 18.2 Å². The molecule has 2 rings (SSSR count). The van der Waals surface area contributed by atoms with Crippen LogP contribution in [0.1, 0.15) is 32.3 Å². The van der Waals surface area contributed by atoms with Crippen LogP contribution in [0.5, 0.6) is 5.75 Å². The van der Waals surface area contributed by atoms with Crippen LogP contribution in [0.25, 0.3) is 0 Å².